The Labute approximate surface area is 358 Å². The number of ether oxygens (including phenoxy) is 1. The van der Waals surface area contributed by atoms with Crippen LogP contribution in [0.5, 0.6) is 5.75 Å². The Kier molecular flexibility index (Phi) is 13.2. The Morgan fingerprint density at radius 1 is 0.967 bits per heavy atom. The standard InChI is InChI=1S/C44H47F3N8O5S/c1-6-29-17-34(55-42(61)54(41(59)43(55,4)5)33-8-7-30(22-49)36(19-33)44(45,46)47)9-12-39(29)60-14-13-52-23-26(2)53(27(3)24-52)25-40(58)51-32-16-28(21-48)15-31(18-32)50-37-11-10-35(56)20-38(37)57/h7-9,12,15-19,26-27,37,50H,6,10-11,13-14,20,23-25H2,1-5H3,(H,51,58)/t26-,27+,37?. The maximum absolute atomic E-state index is 13.8. The number of carbonyl (C=O) groups excluding carboxylic acids is 4. The Hall–Kier alpha value is -5.88. The minimum absolute atomic E-state index is 0.00660. The average Bonchev–Trinajstić information content (AvgIpc) is 3.38. The van der Waals surface area contributed by atoms with Crippen molar-refractivity contribution >= 4 is 63.5 Å². The van der Waals surface area contributed by atoms with Crippen LogP contribution in [0.4, 0.5) is 35.9 Å². The summed E-state index contributed by atoms with van der Waals surface area (Å²) in [7, 11) is 0. The molecule has 3 aromatic rings. The third-order valence-electron chi connectivity index (χ3n) is 11.4. The lowest BCUT2D eigenvalue weighted by molar-refractivity contribution is -0.138. The summed E-state index contributed by atoms with van der Waals surface area (Å²) in [5.41, 5.74) is -0.347. The Balaban J connectivity index is 1.04. The quantitative estimate of drug-likeness (QED) is 0.152. The average molecular weight is 857 g/mol. The van der Waals surface area contributed by atoms with Gasteiger partial charge in [-0.05, 0) is 113 Å². The molecule has 2 amide bonds. The highest BCUT2D eigenvalue weighted by atomic mass is 32.1. The Bertz CT molecular complexity index is 2330. The van der Waals surface area contributed by atoms with Gasteiger partial charge in [-0.2, -0.15) is 23.7 Å². The maximum Gasteiger partial charge on any atom is 0.417 e. The molecule has 2 N–H and O–H groups in total. The van der Waals surface area contributed by atoms with Gasteiger partial charge in [0.2, 0.25) is 5.91 Å². The number of rotatable bonds is 12. The van der Waals surface area contributed by atoms with Gasteiger partial charge >= 0.3 is 6.18 Å². The zero-order valence-corrected chi connectivity index (χ0v) is 35.4. The summed E-state index contributed by atoms with van der Waals surface area (Å²) in [5.74, 6) is -0.388. The SMILES string of the molecule is CCc1cc(N2C(=S)N(c3ccc(C#N)c(C(F)(F)F)c3)C(=O)C2(C)C)ccc1OCCN1C[C@@H](C)N(CC(=O)Nc2cc(C#N)cc(NC3CCC(=O)CC3=O)c2)[C@@H](C)C1. The van der Waals surface area contributed by atoms with E-state index < -0.39 is 34.8 Å². The van der Waals surface area contributed by atoms with Gasteiger partial charge in [-0.15, -0.1) is 0 Å². The minimum atomic E-state index is -4.81. The summed E-state index contributed by atoms with van der Waals surface area (Å²) in [6.45, 7) is 11.9. The number of benzene rings is 3. The van der Waals surface area contributed by atoms with Crippen LogP contribution < -0.4 is 25.2 Å². The van der Waals surface area contributed by atoms with Crippen LogP contribution in [0.1, 0.15) is 76.1 Å². The molecule has 3 aliphatic rings. The molecular weight excluding hydrogens is 810 g/mol. The van der Waals surface area contributed by atoms with Gasteiger partial charge in [0.25, 0.3) is 5.91 Å². The van der Waals surface area contributed by atoms with E-state index in [1.807, 2.05) is 13.0 Å². The molecule has 3 fully saturated rings. The van der Waals surface area contributed by atoms with E-state index in [-0.39, 0.29) is 53.3 Å². The van der Waals surface area contributed by atoms with Gasteiger partial charge in [-0.3, -0.25) is 33.9 Å². The number of ketones is 2. The van der Waals surface area contributed by atoms with Crippen LogP contribution in [-0.4, -0.2) is 94.7 Å². The van der Waals surface area contributed by atoms with E-state index >= 15 is 0 Å². The van der Waals surface area contributed by atoms with Crippen LogP contribution >= 0.6 is 12.2 Å². The summed E-state index contributed by atoms with van der Waals surface area (Å²) in [6.07, 6.45) is -3.65. The number of halogens is 3. The summed E-state index contributed by atoms with van der Waals surface area (Å²) in [4.78, 5) is 58.1. The van der Waals surface area contributed by atoms with Gasteiger partial charge < -0.3 is 20.3 Å². The van der Waals surface area contributed by atoms with Crippen molar-refractivity contribution in [1.82, 2.24) is 9.80 Å². The van der Waals surface area contributed by atoms with E-state index in [9.17, 15) is 42.9 Å². The highest BCUT2D eigenvalue weighted by Gasteiger charge is 2.51. The van der Waals surface area contributed by atoms with E-state index in [1.54, 1.807) is 55.1 Å². The van der Waals surface area contributed by atoms with Crippen molar-refractivity contribution in [1.29, 1.82) is 10.5 Å². The normalized spacial score (nSPS) is 21.0. The lowest BCUT2D eigenvalue weighted by atomic mass is 9.93. The Morgan fingerprint density at radius 2 is 1.66 bits per heavy atom. The molecule has 1 unspecified atom stereocenters. The molecule has 2 saturated heterocycles. The van der Waals surface area contributed by atoms with Crippen molar-refractivity contribution < 1.29 is 37.1 Å². The summed E-state index contributed by atoms with van der Waals surface area (Å²) >= 11 is 5.72. The first-order valence-electron chi connectivity index (χ1n) is 20.0. The van der Waals surface area contributed by atoms with Gasteiger partial charge in [-0.25, -0.2) is 0 Å². The molecule has 3 aromatic carbocycles. The second-order valence-corrected chi connectivity index (χ2v) is 16.5. The van der Waals surface area contributed by atoms with Crippen LogP contribution in [0.15, 0.2) is 54.6 Å². The molecule has 0 spiro atoms. The predicted octanol–water partition coefficient (Wildman–Crippen LogP) is 6.44. The van der Waals surface area contributed by atoms with Crippen molar-refractivity contribution in [3.63, 3.8) is 0 Å². The summed E-state index contributed by atoms with van der Waals surface area (Å²) in [6, 6.07) is 16.6. The molecule has 61 heavy (non-hydrogen) atoms. The second-order valence-electron chi connectivity index (χ2n) is 16.2. The number of hydrogen-bond donors (Lipinski definition) is 2. The van der Waals surface area contributed by atoms with Crippen molar-refractivity contribution in [2.24, 2.45) is 0 Å². The molecule has 1 saturated carbocycles. The zero-order chi connectivity index (χ0) is 44.4. The van der Waals surface area contributed by atoms with Gasteiger partial charge in [-0.1, -0.05) is 6.92 Å². The van der Waals surface area contributed by atoms with Crippen LogP contribution in [-0.2, 0) is 31.8 Å². The number of thiocarbonyl (C=S) groups is 1. The first kappa shape index (κ1) is 44.7. The lowest BCUT2D eigenvalue weighted by Crippen LogP contribution is -2.58. The van der Waals surface area contributed by atoms with Gasteiger partial charge in [0, 0.05) is 55.2 Å². The molecule has 17 heteroatoms. The molecule has 0 bridgehead atoms. The number of hydrogen-bond acceptors (Lipinski definition) is 11. The van der Waals surface area contributed by atoms with Gasteiger partial charge in [0.15, 0.2) is 10.9 Å². The zero-order valence-electron chi connectivity index (χ0n) is 34.6. The fourth-order valence-electron chi connectivity index (χ4n) is 8.27. The lowest BCUT2D eigenvalue weighted by Gasteiger charge is -2.44. The largest absolute Gasteiger partial charge is 0.492 e. The highest BCUT2D eigenvalue weighted by molar-refractivity contribution is 7.81. The van der Waals surface area contributed by atoms with E-state index in [1.165, 1.54) is 6.07 Å². The molecular formula is C44H47F3N8O5S. The number of nitrogens with zero attached hydrogens (tertiary/aromatic N) is 6. The second kappa shape index (κ2) is 18.0. The molecule has 2 heterocycles. The highest BCUT2D eigenvalue weighted by Crippen LogP contribution is 2.40. The van der Waals surface area contributed by atoms with Crippen molar-refractivity contribution in [3.05, 3.63) is 76.9 Å². The predicted molar refractivity (Wildman–Crippen MR) is 227 cm³/mol. The summed E-state index contributed by atoms with van der Waals surface area (Å²) < 4.78 is 47.7. The number of nitriles is 2. The van der Waals surface area contributed by atoms with Crippen LogP contribution in [0.25, 0.3) is 0 Å². The van der Waals surface area contributed by atoms with Crippen LogP contribution in [0.2, 0.25) is 0 Å². The maximum atomic E-state index is 13.8. The number of carbonyl (C=O) groups is 4. The number of alkyl halides is 3. The van der Waals surface area contributed by atoms with Crippen LogP contribution in [0, 0.1) is 22.7 Å². The molecule has 0 aromatic heterocycles. The molecule has 2 aliphatic heterocycles. The number of Topliss-reactive ketones (excluding diaryl/α,β-unsaturated/α-hetero) is 2. The fourth-order valence-corrected chi connectivity index (χ4v) is 8.79. The topological polar surface area (TPSA) is 162 Å². The van der Waals surface area contributed by atoms with Crippen molar-refractivity contribution in [3.8, 4) is 17.9 Å². The first-order valence-corrected chi connectivity index (χ1v) is 20.4. The van der Waals surface area contributed by atoms with E-state index in [0.29, 0.717) is 73.9 Å². The number of nitrogens with one attached hydrogen (secondary N) is 2. The minimum Gasteiger partial charge on any atom is -0.492 e. The molecule has 1 aliphatic carbocycles. The van der Waals surface area contributed by atoms with Crippen molar-refractivity contribution in [2.45, 2.75) is 90.1 Å². The molecule has 320 valence electrons. The molecule has 13 nitrogen and oxygen atoms in total. The van der Waals surface area contributed by atoms with E-state index in [0.717, 1.165) is 22.6 Å². The fraction of sp³-hybridized carbons (Fsp3) is 0.432. The monoisotopic (exact) mass is 856 g/mol. The molecule has 3 atom stereocenters. The number of piperazine rings is 1. The number of amides is 2. The van der Waals surface area contributed by atoms with Gasteiger partial charge in [0.1, 0.15) is 23.7 Å². The molecule has 6 rings (SSSR count). The number of aryl methyl sites for hydroxylation is 1. The van der Waals surface area contributed by atoms with E-state index in [2.05, 4.69) is 40.4 Å². The number of anilines is 4. The Morgan fingerprint density at radius 3 is 2.30 bits per heavy atom. The summed E-state index contributed by atoms with van der Waals surface area (Å²) in [5, 5.41) is 24.9. The van der Waals surface area contributed by atoms with Crippen LogP contribution in [0.3, 0.4) is 0 Å². The third kappa shape index (κ3) is 9.70. The van der Waals surface area contributed by atoms with Crippen molar-refractivity contribution in [2.75, 3.05) is 53.2 Å². The van der Waals surface area contributed by atoms with E-state index in [4.69, 9.17) is 17.0 Å². The first-order chi connectivity index (χ1) is 28.8. The third-order valence-corrected chi connectivity index (χ3v) is 11.7. The van der Waals surface area contributed by atoms with Gasteiger partial charge in [0.05, 0.1) is 53.5 Å². The smallest absolute Gasteiger partial charge is 0.417 e. The molecule has 0 radical (unpaired) electrons.